The van der Waals surface area contributed by atoms with Gasteiger partial charge < -0.3 is 0 Å². The zero-order valence-electron chi connectivity index (χ0n) is 17.6. The highest BCUT2D eigenvalue weighted by Gasteiger charge is 2.22. The third-order valence-electron chi connectivity index (χ3n) is 4.78. The lowest BCUT2D eigenvalue weighted by Gasteiger charge is -2.05. The highest BCUT2D eigenvalue weighted by Crippen LogP contribution is 2.29. The summed E-state index contributed by atoms with van der Waals surface area (Å²) in [6.07, 6.45) is 0. The molecule has 0 amide bonds. The van der Waals surface area contributed by atoms with Crippen molar-refractivity contribution in [1.82, 2.24) is 19.6 Å². The predicted octanol–water partition coefficient (Wildman–Crippen LogP) is 2.58. The third-order valence-corrected chi connectivity index (χ3v) is 4.78. The van der Waals surface area contributed by atoms with Crippen LogP contribution in [0.25, 0.3) is 5.57 Å². The Hall–Kier alpha value is -4.58. The van der Waals surface area contributed by atoms with E-state index in [0.717, 1.165) is 5.69 Å². The smallest absolute Gasteiger partial charge is 0.148 e. The molecular weight excluding hydrogens is 376 g/mol. The van der Waals surface area contributed by atoms with E-state index in [1.54, 1.807) is 56.4 Å². The Kier molecular flexibility index (Phi) is 6.24. The van der Waals surface area contributed by atoms with Crippen LogP contribution in [0, 0.1) is 84.9 Å². The molecule has 0 bridgehead atoms. The lowest BCUT2D eigenvalue weighted by Crippen LogP contribution is -1.99. The van der Waals surface area contributed by atoms with Gasteiger partial charge >= 0.3 is 0 Å². The van der Waals surface area contributed by atoms with Crippen molar-refractivity contribution in [1.29, 1.82) is 21.0 Å². The molecule has 0 saturated carbocycles. The Morgan fingerprint density at radius 1 is 0.733 bits per heavy atom. The van der Waals surface area contributed by atoms with Gasteiger partial charge in [0.1, 0.15) is 29.8 Å². The largest absolute Gasteiger partial charge is 0.272 e. The van der Waals surface area contributed by atoms with Crippen LogP contribution < -0.4 is 0 Å². The van der Waals surface area contributed by atoms with E-state index in [0.29, 0.717) is 28.2 Å². The van der Waals surface area contributed by atoms with E-state index in [1.165, 1.54) is 0 Å². The first-order valence-electron chi connectivity index (χ1n) is 8.83. The number of nitrogens with zero attached hydrogens (tertiary/aromatic N) is 8. The van der Waals surface area contributed by atoms with E-state index < -0.39 is 5.57 Å². The molecule has 0 aliphatic rings. The van der Waals surface area contributed by atoms with Crippen LogP contribution in [0.1, 0.15) is 33.9 Å². The Morgan fingerprint density at radius 3 is 1.70 bits per heavy atom. The molecule has 2 aromatic heterocycles. The highest BCUT2D eigenvalue weighted by atomic mass is 15.3. The number of allylic oxidation sites excluding steroid dienone is 4. The molecule has 0 saturated heterocycles. The molecule has 0 aliphatic heterocycles. The number of hydrogen-bond acceptors (Lipinski definition) is 6. The van der Waals surface area contributed by atoms with Gasteiger partial charge in [0.15, 0.2) is 0 Å². The second kappa shape index (κ2) is 8.62. The number of hydrogen-bond donors (Lipinski definition) is 0. The van der Waals surface area contributed by atoms with Crippen LogP contribution in [0.15, 0.2) is 16.7 Å². The first kappa shape index (κ1) is 21.7. The average Bonchev–Trinajstić information content (AvgIpc) is 3.11. The van der Waals surface area contributed by atoms with Gasteiger partial charge in [-0.05, 0) is 27.7 Å². The molecule has 0 aromatic carbocycles. The maximum atomic E-state index is 9.96. The zero-order chi connectivity index (χ0) is 22.6. The van der Waals surface area contributed by atoms with Crippen LogP contribution in [0.5, 0.6) is 0 Å². The minimum absolute atomic E-state index is 0.0138. The van der Waals surface area contributed by atoms with Crippen LogP contribution >= 0.6 is 0 Å². The normalized spacial score (nSPS) is 10.5. The Labute approximate surface area is 175 Å². The molecule has 0 spiro atoms. The second-order valence-electron chi connectivity index (χ2n) is 6.54. The van der Waals surface area contributed by atoms with Gasteiger partial charge in [-0.15, -0.1) is 0 Å². The van der Waals surface area contributed by atoms with Crippen molar-refractivity contribution in [2.45, 2.75) is 27.7 Å². The summed E-state index contributed by atoms with van der Waals surface area (Å²) in [7, 11) is 3.53. The molecule has 0 atom stereocenters. The van der Waals surface area contributed by atoms with Gasteiger partial charge in [-0.25, -0.2) is 0 Å². The topological polar surface area (TPSA) is 131 Å². The standard InChI is InChI=1S/C22H18N8/c1-13-18(15(3)29(5)27-13)7-8-19(20(11-25)17(9-23)10-24)21(12-26)22-14(2)28-30(6)16(22)4/h1-6H3/b21-19+. The first-order valence-corrected chi connectivity index (χ1v) is 8.83. The van der Waals surface area contributed by atoms with Gasteiger partial charge in [-0.2, -0.15) is 31.2 Å². The van der Waals surface area contributed by atoms with Gasteiger partial charge in [0.25, 0.3) is 0 Å². The zero-order valence-corrected chi connectivity index (χ0v) is 17.6. The minimum Gasteiger partial charge on any atom is -0.272 e. The van der Waals surface area contributed by atoms with E-state index in [9.17, 15) is 21.0 Å². The van der Waals surface area contributed by atoms with Crippen LogP contribution in [-0.2, 0) is 14.1 Å². The lowest BCUT2D eigenvalue weighted by molar-refractivity contribution is 0.731. The Balaban J connectivity index is 3.01. The molecule has 0 fully saturated rings. The van der Waals surface area contributed by atoms with E-state index in [1.807, 2.05) is 13.0 Å². The van der Waals surface area contributed by atoms with Crippen molar-refractivity contribution in [3.63, 3.8) is 0 Å². The number of aryl methyl sites for hydroxylation is 4. The van der Waals surface area contributed by atoms with Crippen LogP contribution in [0.3, 0.4) is 0 Å². The molecule has 2 heterocycles. The van der Waals surface area contributed by atoms with Crippen molar-refractivity contribution in [3.05, 3.63) is 50.6 Å². The fourth-order valence-corrected chi connectivity index (χ4v) is 3.08. The summed E-state index contributed by atoms with van der Waals surface area (Å²) in [5.74, 6) is 5.86. The molecule has 8 heteroatoms. The maximum absolute atomic E-state index is 9.96. The SMILES string of the molecule is Cc1nn(C)c(C)c1C#C/C(C(C#N)=C(C#N)C#N)=C(/C#N)c1c(C)nn(C)c1C. The van der Waals surface area contributed by atoms with Crippen molar-refractivity contribution in [3.8, 4) is 36.1 Å². The molecule has 0 radical (unpaired) electrons. The molecule has 2 aromatic rings. The fraction of sp³-hybridized carbons (Fsp3) is 0.273. The average molecular weight is 394 g/mol. The maximum Gasteiger partial charge on any atom is 0.148 e. The van der Waals surface area contributed by atoms with Crippen molar-refractivity contribution in [2.24, 2.45) is 14.1 Å². The molecule has 0 unspecified atom stereocenters. The summed E-state index contributed by atoms with van der Waals surface area (Å²) in [4.78, 5) is 0. The summed E-state index contributed by atoms with van der Waals surface area (Å²) in [6.45, 7) is 7.19. The summed E-state index contributed by atoms with van der Waals surface area (Å²) in [5.41, 5.74) is 3.40. The van der Waals surface area contributed by atoms with E-state index in [-0.39, 0.29) is 16.7 Å². The Morgan fingerprint density at radius 2 is 1.30 bits per heavy atom. The second-order valence-corrected chi connectivity index (χ2v) is 6.54. The van der Waals surface area contributed by atoms with Crippen molar-refractivity contribution >= 4 is 5.57 Å². The quantitative estimate of drug-likeness (QED) is 0.437. The lowest BCUT2D eigenvalue weighted by atomic mass is 9.92. The van der Waals surface area contributed by atoms with Gasteiger partial charge in [-0.3, -0.25) is 9.36 Å². The van der Waals surface area contributed by atoms with E-state index in [4.69, 9.17) is 0 Å². The van der Waals surface area contributed by atoms with E-state index >= 15 is 0 Å². The fourth-order valence-electron chi connectivity index (χ4n) is 3.08. The number of nitriles is 4. The van der Waals surface area contributed by atoms with E-state index in [2.05, 4.69) is 28.1 Å². The first-order chi connectivity index (χ1) is 14.2. The van der Waals surface area contributed by atoms with Crippen molar-refractivity contribution < 1.29 is 0 Å². The number of rotatable bonds is 2. The summed E-state index contributed by atoms with van der Waals surface area (Å²) >= 11 is 0. The molecular formula is C22H18N8. The molecule has 146 valence electrons. The number of aromatic nitrogens is 4. The van der Waals surface area contributed by atoms with Crippen LogP contribution in [0.4, 0.5) is 0 Å². The van der Waals surface area contributed by atoms with Crippen LogP contribution in [-0.4, -0.2) is 19.6 Å². The summed E-state index contributed by atoms with van der Waals surface area (Å²) in [6, 6.07) is 7.42. The highest BCUT2D eigenvalue weighted by molar-refractivity contribution is 5.89. The molecule has 2 rings (SSSR count). The predicted molar refractivity (Wildman–Crippen MR) is 109 cm³/mol. The van der Waals surface area contributed by atoms with Crippen molar-refractivity contribution in [2.75, 3.05) is 0 Å². The molecule has 8 nitrogen and oxygen atoms in total. The van der Waals surface area contributed by atoms with Gasteiger partial charge in [0, 0.05) is 25.4 Å². The summed E-state index contributed by atoms with van der Waals surface area (Å²) in [5, 5.41) is 47.0. The molecule has 0 N–H and O–H groups in total. The third kappa shape index (κ3) is 3.70. The van der Waals surface area contributed by atoms with Crippen LogP contribution in [0.2, 0.25) is 0 Å². The Bertz CT molecular complexity index is 1320. The molecule has 0 aliphatic carbocycles. The van der Waals surface area contributed by atoms with Gasteiger partial charge in [-0.1, -0.05) is 11.8 Å². The van der Waals surface area contributed by atoms with Gasteiger partial charge in [0.2, 0.25) is 0 Å². The minimum atomic E-state index is -0.409. The molecule has 30 heavy (non-hydrogen) atoms. The summed E-state index contributed by atoms with van der Waals surface area (Å²) < 4.78 is 3.30. The monoisotopic (exact) mass is 394 g/mol. The van der Waals surface area contributed by atoms with Gasteiger partial charge in [0.05, 0.1) is 39.4 Å².